The second kappa shape index (κ2) is 6.53. The number of rotatable bonds is 6. The molecule has 18 heavy (non-hydrogen) atoms. The zero-order valence-electron chi connectivity index (χ0n) is 12.1. The minimum atomic E-state index is -0.709. The molecule has 1 aliphatic heterocycles. The third-order valence-corrected chi connectivity index (χ3v) is 4.17. The molecule has 0 aromatic carbocycles. The zero-order chi connectivity index (χ0) is 13.8. The summed E-state index contributed by atoms with van der Waals surface area (Å²) in [6.45, 7) is 10.5. The lowest BCUT2D eigenvalue weighted by atomic mass is 9.88. The molecule has 4 heteroatoms. The minimum absolute atomic E-state index is 0.0389. The number of carboxylic acid groups (broad SMARTS) is 1. The standard InChI is InChI=1S/C14H27NO3/c1-5-14(4)9-12(7-8-18-14)15(6-2)10-11(3)13(16)17/h11-12H,5-10H2,1-4H3,(H,16,17). The van der Waals surface area contributed by atoms with Gasteiger partial charge in [-0.05, 0) is 32.7 Å². The molecule has 0 aromatic heterocycles. The number of hydrogen-bond donors (Lipinski definition) is 1. The molecule has 106 valence electrons. The van der Waals surface area contributed by atoms with Crippen molar-refractivity contribution in [2.75, 3.05) is 19.7 Å². The summed E-state index contributed by atoms with van der Waals surface area (Å²) in [7, 11) is 0. The van der Waals surface area contributed by atoms with E-state index in [2.05, 4.69) is 25.7 Å². The van der Waals surface area contributed by atoms with Crippen LogP contribution in [0.3, 0.4) is 0 Å². The van der Waals surface area contributed by atoms with E-state index in [1.54, 1.807) is 6.92 Å². The normalized spacial score (nSPS) is 30.4. The highest BCUT2D eigenvalue weighted by atomic mass is 16.5. The van der Waals surface area contributed by atoms with Crippen molar-refractivity contribution >= 4 is 5.97 Å². The monoisotopic (exact) mass is 257 g/mol. The zero-order valence-corrected chi connectivity index (χ0v) is 12.1. The Morgan fingerprint density at radius 1 is 1.56 bits per heavy atom. The molecule has 3 unspecified atom stereocenters. The Morgan fingerprint density at radius 3 is 2.72 bits per heavy atom. The van der Waals surface area contributed by atoms with E-state index in [0.29, 0.717) is 12.6 Å². The van der Waals surface area contributed by atoms with Crippen LogP contribution in [0, 0.1) is 5.92 Å². The molecule has 0 saturated carbocycles. The number of carbonyl (C=O) groups is 1. The van der Waals surface area contributed by atoms with Gasteiger partial charge in [0.1, 0.15) is 0 Å². The summed E-state index contributed by atoms with van der Waals surface area (Å²) in [6.07, 6.45) is 3.02. The van der Waals surface area contributed by atoms with Gasteiger partial charge in [-0.2, -0.15) is 0 Å². The van der Waals surface area contributed by atoms with Crippen LogP contribution in [-0.2, 0) is 9.53 Å². The lowest BCUT2D eigenvalue weighted by Crippen LogP contribution is -2.48. The first kappa shape index (κ1) is 15.4. The Balaban J connectivity index is 2.62. The van der Waals surface area contributed by atoms with Gasteiger partial charge in [0.25, 0.3) is 0 Å². The van der Waals surface area contributed by atoms with Crippen molar-refractivity contribution in [2.45, 2.75) is 58.6 Å². The van der Waals surface area contributed by atoms with Gasteiger partial charge in [0.05, 0.1) is 11.5 Å². The molecule has 1 rings (SSSR count). The maximum atomic E-state index is 11.0. The largest absolute Gasteiger partial charge is 0.481 e. The molecule has 1 saturated heterocycles. The lowest BCUT2D eigenvalue weighted by molar-refractivity contribution is -0.142. The fourth-order valence-electron chi connectivity index (χ4n) is 2.63. The van der Waals surface area contributed by atoms with Crippen molar-refractivity contribution in [2.24, 2.45) is 5.92 Å². The minimum Gasteiger partial charge on any atom is -0.481 e. The lowest BCUT2D eigenvalue weighted by Gasteiger charge is -2.42. The second-order valence-corrected chi connectivity index (χ2v) is 5.63. The van der Waals surface area contributed by atoms with E-state index < -0.39 is 5.97 Å². The summed E-state index contributed by atoms with van der Waals surface area (Å²) in [5, 5.41) is 9.02. The number of hydrogen-bond acceptors (Lipinski definition) is 3. The summed E-state index contributed by atoms with van der Waals surface area (Å²) >= 11 is 0. The van der Waals surface area contributed by atoms with Gasteiger partial charge in [-0.15, -0.1) is 0 Å². The first-order chi connectivity index (χ1) is 8.41. The fourth-order valence-corrected chi connectivity index (χ4v) is 2.63. The van der Waals surface area contributed by atoms with E-state index in [1.807, 2.05) is 0 Å². The van der Waals surface area contributed by atoms with E-state index in [9.17, 15) is 4.79 Å². The van der Waals surface area contributed by atoms with Gasteiger partial charge in [0, 0.05) is 19.2 Å². The highest BCUT2D eigenvalue weighted by Gasteiger charge is 2.34. The van der Waals surface area contributed by atoms with Gasteiger partial charge in [0.15, 0.2) is 0 Å². The molecule has 0 aliphatic carbocycles. The van der Waals surface area contributed by atoms with Crippen LogP contribution in [0.4, 0.5) is 0 Å². The van der Waals surface area contributed by atoms with E-state index >= 15 is 0 Å². The van der Waals surface area contributed by atoms with Crippen LogP contribution >= 0.6 is 0 Å². The van der Waals surface area contributed by atoms with Crippen molar-refractivity contribution in [3.63, 3.8) is 0 Å². The molecule has 1 aliphatic rings. The maximum Gasteiger partial charge on any atom is 0.307 e. The third-order valence-electron chi connectivity index (χ3n) is 4.17. The molecule has 0 bridgehead atoms. The quantitative estimate of drug-likeness (QED) is 0.793. The summed E-state index contributed by atoms with van der Waals surface area (Å²) < 4.78 is 5.85. The molecule has 1 N–H and O–H groups in total. The molecular formula is C14H27NO3. The smallest absolute Gasteiger partial charge is 0.307 e. The number of carboxylic acids is 1. The molecule has 0 aromatic rings. The van der Waals surface area contributed by atoms with Gasteiger partial charge in [0.2, 0.25) is 0 Å². The van der Waals surface area contributed by atoms with Crippen molar-refractivity contribution in [3.05, 3.63) is 0 Å². The van der Waals surface area contributed by atoms with Crippen molar-refractivity contribution in [1.29, 1.82) is 0 Å². The van der Waals surface area contributed by atoms with Crippen LogP contribution in [0.1, 0.15) is 47.0 Å². The van der Waals surface area contributed by atoms with Gasteiger partial charge in [-0.1, -0.05) is 20.8 Å². The highest BCUT2D eigenvalue weighted by Crippen LogP contribution is 2.30. The fraction of sp³-hybridized carbons (Fsp3) is 0.929. The molecule has 4 nitrogen and oxygen atoms in total. The van der Waals surface area contributed by atoms with Gasteiger partial charge < -0.3 is 9.84 Å². The summed E-state index contributed by atoms with van der Waals surface area (Å²) in [5.41, 5.74) is -0.0389. The Labute approximate surface area is 110 Å². The SMILES string of the molecule is CCN(CC(C)C(=O)O)C1CCOC(C)(CC)C1. The number of aliphatic carboxylic acids is 1. The van der Waals surface area contributed by atoms with Crippen molar-refractivity contribution in [1.82, 2.24) is 4.90 Å². The molecule has 1 fully saturated rings. The third kappa shape index (κ3) is 3.95. The molecule has 0 amide bonds. The van der Waals surface area contributed by atoms with Crippen LogP contribution in [0.2, 0.25) is 0 Å². The molecule has 0 spiro atoms. The van der Waals surface area contributed by atoms with Crippen LogP contribution in [0.15, 0.2) is 0 Å². The predicted octanol–water partition coefficient (Wildman–Crippen LogP) is 2.38. The Kier molecular flexibility index (Phi) is 5.60. The number of nitrogens with zero attached hydrogens (tertiary/aromatic N) is 1. The van der Waals surface area contributed by atoms with Crippen LogP contribution in [-0.4, -0.2) is 47.3 Å². The van der Waals surface area contributed by atoms with Gasteiger partial charge in [-0.3, -0.25) is 9.69 Å². The average Bonchev–Trinajstić information content (AvgIpc) is 2.35. The summed E-state index contributed by atoms with van der Waals surface area (Å²) in [4.78, 5) is 13.3. The van der Waals surface area contributed by atoms with Crippen LogP contribution in [0.5, 0.6) is 0 Å². The Hall–Kier alpha value is -0.610. The van der Waals surface area contributed by atoms with E-state index in [4.69, 9.17) is 9.84 Å². The average molecular weight is 257 g/mol. The van der Waals surface area contributed by atoms with Gasteiger partial charge >= 0.3 is 5.97 Å². The predicted molar refractivity (Wildman–Crippen MR) is 71.7 cm³/mol. The second-order valence-electron chi connectivity index (χ2n) is 5.63. The Bertz CT molecular complexity index is 282. The van der Waals surface area contributed by atoms with Crippen molar-refractivity contribution in [3.8, 4) is 0 Å². The van der Waals surface area contributed by atoms with E-state index in [-0.39, 0.29) is 11.5 Å². The first-order valence-electron chi connectivity index (χ1n) is 7.02. The topological polar surface area (TPSA) is 49.8 Å². The summed E-state index contributed by atoms with van der Waals surface area (Å²) in [6, 6.07) is 0.454. The van der Waals surface area contributed by atoms with Crippen LogP contribution < -0.4 is 0 Å². The van der Waals surface area contributed by atoms with Crippen molar-refractivity contribution < 1.29 is 14.6 Å². The first-order valence-corrected chi connectivity index (χ1v) is 7.02. The van der Waals surface area contributed by atoms with E-state index in [0.717, 1.165) is 32.4 Å². The Morgan fingerprint density at radius 2 is 2.22 bits per heavy atom. The highest BCUT2D eigenvalue weighted by molar-refractivity contribution is 5.69. The molecular weight excluding hydrogens is 230 g/mol. The van der Waals surface area contributed by atoms with Gasteiger partial charge in [-0.25, -0.2) is 0 Å². The summed E-state index contributed by atoms with van der Waals surface area (Å²) in [5.74, 6) is -1.01. The number of ether oxygens (including phenoxy) is 1. The van der Waals surface area contributed by atoms with E-state index in [1.165, 1.54) is 0 Å². The molecule has 3 atom stereocenters. The maximum absolute atomic E-state index is 11.0. The van der Waals surface area contributed by atoms with Crippen LogP contribution in [0.25, 0.3) is 0 Å². The molecule has 0 radical (unpaired) electrons. The molecule has 1 heterocycles.